The van der Waals surface area contributed by atoms with Crippen LogP contribution in [-0.2, 0) is 6.42 Å². The number of rotatable bonds is 3. The molecule has 0 fully saturated rings. The third-order valence-electron chi connectivity index (χ3n) is 2.36. The average molecular weight is 217 g/mol. The first-order valence-electron chi connectivity index (χ1n) is 4.99. The smallest absolute Gasteiger partial charge is 0.339 e. The van der Waals surface area contributed by atoms with Crippen LogP contribution in [0.15, 0.2) is 35.1 Å². The van der Waals surface area contributed by atoms with Crippen LogP contribution in [0.2, 0.25) is 0 Å². The van der Waals surface area contributed by atoms with Gasteiger partial charge in [-0.15, -0.1) is 0 Å². The van der Waals surface area contributed by atoms with E-state index in [-0.39, 0.29) is 5.56 Å². The van der Waals surface area contributed by atoms with E-state index in [9.17, 15) is 4.79 Å². The van der Waals surface area contributed by atoms with Crippen LogP contribution in [0.4, 0.5) is 0 Å². The molecule has 0 atom stereocenters. The molecule has 0 saturated heterocycles. The minimum absolute atomic E-state index is 0.209. The number of carbonyl (C=O) groups is 1. The summed E-state index contributed by atoms with van der Waals surface area (Å²) in [7, 11) is 0. The number of furan rings is 1. The van der Waals surface area contributed by atoms with Gasteiger partial charge < -0.3 is 9.52 Å². The highest BCUT2D eigenvalue weighted by atomic mass is 16.4. The zero-order chi connectivity index (χ0) is 11.5. The van der Waals surface area contributed by atoms with Crippen molar-refractivity contribution < 1.29 is 14.3 Å². The molecule has 4 nitrogen and oxygen atoms in total. The number of aromatic carboxylic acids is 1. The molecular formula is C12H11NO3. The lowest BCUT2D eigenvalue weighted by molar-refractivity contribution is 0.0696. The van der Waals surface area contributed by atoms with Gasteiger partial charge in [-0.25, -0.2) is 4.79 Å². The molecule has 0 unspecified atom stereocenters. The van der Waals surface area contributed by atoms with Gasteiger partial charge in [0, 0.05) is 11.8 Å². The minimum Gasteiger partial charge on any atom is -0.478 e. The second-order valence-corrected chi connectivity index (χ2v) is 3.34. The van der Waals surface area contributed by atoms with E-state index in [2.05, 4.69) is 4.98 Å². The van der Waals surface area contributed by atoms with Crippen molar-refractivity contribution in [3.05, 3.63) is 41.8 Å². The van der Waals surface area contributed by atoms with Gasteiger partial charge in [-0.05, 0) is 18.6 Å². The fraction of sp³-hybridized carbons (Fsp3) is 0.167. The van der Waals surface area contributed by atoms with Crippen LogP contribution in [-0.4, -0.2) is 16.1 Å². The predicted molar refractivity (Wildman–Crippen MR) is 58.3 cm³/mol. The maximum absolute atomic E-state index is 11.1. The molecule has 2 heterocycles. The van der Waals surface area contributed by atoms with E-state index >= 15 is 0 Å². The summed E-state index contributed by atoms with van der Waals surface area (Å²) in [4.78, 5) is 15.2. The van der Waals surface area contributed by atoms with Crippen molar-refractivity contribution in [2.75, 3.05) is 0 Å². The van der Waals surface area contributed by atoms with Crippen LogP contribution in [0.5, 0.6) is 0 Å². The Morgan fingerprint density at radius 1 is 1.50 bits per heavy atom. The summed E-state index contributed by atoms with van der Waals surface area (Å²) in [5.41, 5.74) is 1.44. The number of carboxylic acid groups (broad SMARTS) is 1. The van der Waals surface area contributed by atoms with Crippen molar-refractivity contribution in [3.8, 4) is 11.5 Å². The lowest BCUT2D eigenvalue weighted by Crippen LogP contribution is -2.00. The van der Waals surface area contributed by atoms with E-state index in [0.717, 1.165) is 0 Å². The van der Waals surface area contributed by atoms with Gasteiger partial charge in [0.05, 0.1) is 6.26 Å². The molecule has 0 saturated carbocycles. The van der Waals surface area contributed by atoms with Gasteiger partial charge in [0.2, 0.25) is 0 Å². The Labute approximate surface area is 92.6 Å². The topological polar surface area (TPSA) is 63.3 Å². The van der Waals surface area contributed by atoms with Gasteiger partial charge in [0.15, 0.2) is 5.76 Å². The number of carboxylic acids is 1. The Bertz CT molecular complexity index is 502. The van der Waals surface area contributed by atoms with Crippen LogP contribution in [0, 0.1) is 0 Å². The van der Waals surface area contributed by atoms with E-state index in [1.165, 1.54) is 6.26 Å². The molecule has 0 aliphatic heterocycles. The Kier molecular flexibility index (Phi) is 2.72. The van der Waals surface area contributed by atoms with Crippen LogP contribution >= 0.6 is 0 Å². The van der Waals surface area contributed by atoms with Crippen molar-refractivity contribution in [2.45, 2.75) is 13.3 Å². The van der Waals surface area contributed by atoms with Crippen LogP contribution in [0.3, 0.4) is 0 Å². The number of nitrogens with zero attached hydrogens (tertiary/aromatic N) is 1. The summed E-state index contributed by atoms with van der Waals surface area (Å²) in [6, 6.07) is 5.29. The molecule has 82 valence electrons. The molecule has 4 heteroatoms. The van der Waals surface area contributed by atoms with E-state index in [4.69, 9.17) is 9.52 Å². The Balaban J connectivity index is 2.58. The molecule has 1 N–H and O–H groups in total. The molecular weight excluding hydrogens is 206 g/mol. The quantitative estimate of drug-likeness (QED) is 0.858. The van der Waals surface area contributed by atoms with Crippen LogP contribution in [0.25, 0.3) is 11.5 Å². The van der Waals surface area contributed by atoms with Crippen molar-refractivity contribution in [1.29, 1.82) is 0 Å². The fourth-order valence-corrected chi connectivity index (χ4v) is 1.57. The monoisotopic (exact) mass is 217 g/mol. The fourth-order valence-electron chi connectivity index (χ4n) is 1.57. The van der Waals surface area contributed by atoms with Crippen molar-refractivity contribution >= 4 is 5.97 Å². The Morgan fingerprint density at radius 2 is 2.31 bits per heavy atom. The third kappa shape index (κ3) is 1.69. The van der Waals surface area contributed by atoms with Crippen LogP contribution in [0.1, 0.15) is 22.8 Å². The highest BCUT2D eigenvalue weighted by Crippen LogP contribution is 2.26. The molecule has 2 rings (SSSR count). The van der Waals surface area contributed by atoms with Crippen molar-refractivity contribution in [3.63, 3.8) is 0 Å². The van der Waals surface area contributed by atoms with Gasteiger partial charge in [-0.3, -0.25) is 4.98 Å². The standard InChI is InChI=1S/C12H11NO3/c1-2-8-7-16-11(10(8)12(14)15)9-5-3-4-6-13-9/h3-7H,2H2,1H3,(H,14,15). The minimum atomic E-state index is -0.980. The van der Waals surface area contributed by atoms with E-state index < -0.39 is 5.97 Å². The number of aromatic nitrogens is 1. The maximum atomic E-state index is 11.1. The summed E-state index contributed by atoms with van der Waals surface area (Å²) < 4.78 is 5.29. The highest BCUT2D eigenvalue weighted by molar-refractivity contribution is 5.95. The number of hydrogen-bond acceptors (Lipinski definition) is 3. The molecule has 0 bridgehead atoms. The Hall–Kier alpha value is -2.10. The van der Waals surface area contributed by atoms with Gasteiger partial charge in [0.25, 0.3) is 0 Å². The molecule has 0 aliphatic rings. The zero-order valence-corrected chi connectivity index (χ0v) is 8.80. The lowest BCUT2D eigenvalue weighted by Gasteiger charge is -1.98. The predicted octanol–water partition coefficient (Wildman–Crippen LogP) is 2.60. The lowest BCUT2D eigenvalue weighted by atomic mass is 10.1. The molecule has 0 amide bonds. The molecule has 0 aliphatic carbocycles. The third-order valence-corrected chi connectivity index (χ3v) is 2.36. The SMILES string of the molecule is CCc1coc(-c2ccccn2)c1C(=O)O. The summed E-state index contributed by atoms with van der Waals surface area (Å²) in [6.07, 6.45) is 3.71. The van der Waals surface area contributed by atoms with E-state index in [1.54, 1.807) is 24.4 Å². The van der Waals surface area contributed by atoms with Crippen LogP contribution < -0.4 is 0 Å². The molecule has 16 heavy (non-hydrogen) atoms. The van der Waals surface area contributed by atoms with Crippen molar-refractivity contribution in [2.24, 2.45) is 0 Å². The van der Waals surface area contributed by atoms with Gasteiger partial charge in [0.1, 0.15) is 11.3 Å². The zero-order valence-electron chi connectivity index (χ0n) is 8.80. The van der Waals surface area contributed by atoms with Gasteiger partial charge >= 0.3 is 5.97 Å². The first kappa shape index (κ1) is 10.4. The highest BCUT2D eigenvalue weighted by Gasteiger charge is 2.20. The summed E-state index contributed by atoms with van der Waals surface area (Å²) >= 11 is 0. The van der Waals surface area contributed by atoms with E-state index in [1.807, 2.05) is 6.92 Å². The molecule has 2 aromatic heterocycles. The molecule has 0 spiro atoms. The van der Waals surface area contributed by atoms with Gasteiger partial charge in [-0.1, -0.05) is 13.0 Å². The van der Waals surface area contributed by atoms with Gasteiger partial charge in [-0.2, -0.15) is 0 Å². The average Bonchev–Trinajstić information content (AvgIpc) is 2.73. The second kappa shape index (κ2) is 4.18. The van der Waals surface area contributed by atoms with Crippen molar-refractivity contribution in [1.82, 2.24) is 4.98 Å². The first-order chi connectivity index (χ1) is 7.74. The number of hydrogen-bond donors (Lipinski definition) is 1. The largest absolute Gasteiger partial charge is 0.478 e. The number of aryl methyl sites for hydroxylation is 1. The normalized spacial score (nSPS) is 10.3. The Morgan fingerprint density at radius 3 is 2.88 bits per heavy atom. The molecule has 2 aromatic rings. The summed E-state index contributed by atoms with van der Waals surface area (Å²) in [6.45, 7) is 1.89. The van der Waals surface area contributed by atoms with E-state index in [0.29, 0.717) is 23.4 Å². The number of pyridine rings is 1. The molecule has 0 radical (unpaired) electrons. The molecule has 0 aromatic carbocycles. The maximum Gasteiger partial charge on any atom is 0.339 e. The summed E-state index contributed by atoms with van der Waals surface area (Å²) in [5, 5.41) is 9.14. The first-order valence-corrected chi connectivity index (χ1v) is 4.99. The second-order valence-electron chi connectivity index (χ2n) is 3.34. The summed E-state index contributed by atoms with van der Waals surface area (Å²) in [5.74, 6) is -0.656.